The Balaban J connectivity index is 1.78. The molecule has 8 nitrogen and oxygen atoms in total. The summed E-state index contributed by atoms with van der Waals surface area (Å²) in [6, 6.07) is 8.98. The Bertz CT molecular complexity index is 983. The van der Waals surface area contributed by atoms with Crippen molar-refractivity contribution in [3.63, 3.8) is 0 Å². The van der Waals surface area contributed by atoms with Gasteiger partial charge < -0.3 is 9.84 Å². The van der Waals surface area contributed by atoms with Crippen molar-refractivity contribution in [2.45, 2.75) is 18.7 Å². The topological polar surface area (TPSA) is 110 Å². The molecule has 0 fully saturated rings. The number of benzene rings is 1. The summed E-state index contributed by atoms with van der Waals surface area (Å²) in [6.45, 7) is 3.03. The first-order chi connectivity index (χ1) is 11.9. The second kappa shape index (κ2) is 6.48. The monoisotopic (exact) mass is 363 g/mol. The molecule has 2 N–H and O–H groups in total. The molecule has 2 heterocycles. The molecule has 0 amide bonds. The minimum atomic E-state index is -3.90. The lowest BCUT2D eigenvalue weighted by Gasteiger charge is -2.08. The van der Waals surface area contributed by atoms with Crippen LogP contribution in [0.2, 0.25) is 0 Å². The Labute approximate surface area is 143 Å². The van der Waals surface area contributed by atoms with Crippen LogP contribution < -0.4 is 10.0 Å². The lowest BCUT2D eigenvalue weighted by atomic mass is 10.3. The summed E-state index contributed by atoms with van der Waals surface area (Å²) in [7, 11) is -3.90. The van der Waals surface area contributed by atoms with Gasteiger partial charge in [-0.3, -0.25) is 4.72 Å². The highest BCUT2D eigenvalue weighted by Gasteiger charge is 2.24. The summed E-state index contributed by atoms with van der Waals surface area (Å²) in [5, 5.41) is 14.0. The molecule has 0 spiro atoms. The molecular weight excluding hydrogens is 349 g/mol. The first-order valence-electron chi connectivity index (χ1n) is 7.18. The normalized spacial score (nSPS) is 11.3. The first-order valence-corrected chi connectivity index (χ1v) is 8.66. The zero-order valence-electron chi connectivity index (χ0n) is 13.3. The number of nitrogens with one attached hydrogen (secondary N) is 2. The molecule has 3 rings (SSSR count). The summed E-state index contributed by atoms with van der Waals surface area (Å²) in [4.78, 5) is -0.0390. The minimum Gasteiger partial charge on any atom is -0.360 e. The van der Waals surface area contributed by atoms with Crippen LogP contribution in [-0.2, 0) is 10.0 Å². The summed E-state index contributed by atoms with van der Waals surface area (Å²) in [5.41, 5.74) is 0.483. The zero-order valence-corrected chi connectivity index (χ0v) is 14.1. The second-order valence-electron chi connectivity index (χ2n) is 5.17. The predicted octanol–water partition coefficient (Wildman–Crippen LogP) is 2.76. The Morgan fingerprint density at radius 2 is 1.72 bits per heavy atom. The number of hydrogen-bond donors (Lipinski definition) is 2. The van der Waals surface area contributed by atoms with Crippen LogP contribution in [0.15, 0.2) is 45.8 Å². The zero-order chi connectivity index (χ0) is 18.0. The average molecular weight is 363 g/mol. The Hall–Kier alpha value is -3.01. The molecule has 0 atom stereocenters. The summed E-state index contributed by atoms with van der Waals surface area (Å²) in [6.07, 6.45) is 0. The van der Waals surface area contributed by atoms with Crippen LogP contribution in [-0.4, -0.2) is 23.8 Å². The molecule has 130 valence electrons. The van der Waals surface area contributed by atoms with E-state index in [0.29, 0.717) is 0 Å². The average Bonchev–Trinajstić information content (AvgIpc) is 2.91. The third kappa shape index (κ3) is 3.58. The maximum Gasteiger partial charge on any atom is 0.268 e. The fraction of sp³-hybridized carbons (Fsp3) is 0.133. The van der Waals surface area contributed by atoms with Gasteiger partial charge in [0.2, 0.25) is 0 Å². The van der Waals surface area contributed by atoms with Gasteiger partial charge in [0.1, 0.15) is 11.5 Å². The fourth-order valence-corrected chi connectivity index (χ4v) is 3.53. The number of halogens is 1. The molecular formula is C15H14FN5O3S. The Kier molecular flexibility index (Phi) is 4.36. The SMILES string of the molecule is Cc1noc(C)c1S(=O)(=O)Nc1ccc(Nc2ccccc2F)nn1. The van der Waals surface area contributed by atoms with Crippen molar-refractivity contribution in [3.05, 3.63) is 53.7 Å². The van der Waals surface area contributed by atoms with E-state index < -0.39 is 15.8 Å². The van der Waals surface area contributed by atoms with Crippen molar-refractivity contribution in [1.82, 2.24) is 15.4 Å². The second-order valence-corrected chi connectivity index (χ2v) is 6.79. The van der Waals surface area contributed by atoms with Gasteiger partial charge in [0, 0.05) is 0 Å². The molecule has 0 saturated carbocycles. The summed E-state index contributed by atoms with van der Waals surface area (Å²) in [5.74, 6) is 0.0211. The van der Waals surface area contributed by atoms with Gasteiger partial charge in [-0.25, -0.2) is 12.8 Å². The van der Waals surface area contributed by atoms with Gasteiger partial charge in [-0.05, 0) is 38.1 Å². The van der Waals surface area contributed by atoms with E-state index in [9.17, 15) is 12.8 Å². The van der Waals surface area contributed by atoms with Crippen molar-refractivity contribution in [3.8, 4) is 0 Å². The predicted molar refractivity (Wildman–Crippen MR) is 88.5 cm³/mol. The number of nitrogens with zero attached hydrogens (tertiary/aromatic N) is 3. The van der Waals surface area contributed by atoms with Crippen molar-refractivity contribution < 1.29 is 17.3 Å². The maximum atomic E-state index is 13.6. The van der Waals surface area contributed by atoms with E-state index in [0.717, 1.165) is 0 Å². The smallest absolute Gasteiger partial charge is 0.268 e. The molecule has 1 aromatic carbocycles. The summed E-state index contributed by atoms with van der Waals surface area (Å²) < 4.78 is 45.5. The molecule has 0 aliphatic heterocycles. The minimum absolute atomic E-state index is 0.0130. The molecule has 2 aromatic heterocycles. The molecule has 0 aliphatic carbocycles. The van der Waals surface area contributed by atoms with E-state index in [2.05, 4.69) is 25.4 Å². The number of aromatic nitrogens is 3. The lowest BCUT2D eigenvalue weighted by Crippen LogP contribution is -2.15. The first kappa shape index (κ1) is 16.8. The third-order valence-electron chi connectivity index (χ3n) is 3.28. The van der Waals surface area contributed by atoms with Crippen LogP contribution in [0, 0.1) is 19.7 Å². The third-order valence-corrected chi connectivity index (χ3v) is 4.87. The van der Waals surface area contributed by atoms with Crippen LogP contribution in [0.4, 0.5) is 21.7 Å². The van der Waals surface area contributed by atoms with Gasteiger partial charge in [-0.2, -0.15) is 0 Å². The van der Waals surface area contributed by atoms with Crippen LogP contribution >= 0.6 is 0 Å². The standard InChI is InChI=1S/C15H14FN5O3S/c1-9-15(10(2)24-20-9)25(22,23)21-14-8-7-13(18-19-14)17-12-6-4-3-5-11(12)16/h3-8H,1-2H3,(H,17,18)(H,19,21). The van der Waals surface area contributed by atoms with E-state index in [1.54, 1.807) is 18.2 Å². The number of aryl methyl sites for hydroxylation is 2. The van der Waals surface area contributed by atoms with Crippen molar-refractivity contribution in [2.24, 2.45) is 0 Å². The highest BCUT2D eigenvalue weighted by molar-refractivity contribution is 7.92. The van der Waals surface area contributed by atoms with Crippen molar-refractivity contribution in [2.75, 3.05) is 10.0 Å². The van der Waals surface area contributed by atoms with Crippen molar-refractivity contribution in [1.29, 1.82) is 0 Å². The van der Waals surface area contributed by atoms with Gasteiger partial charge in [0.25, 0.3) is 10.0 Å². The maximum absolute atomic E-state index is 13.6. The molecule has 0 bridgehead atoms. The van der Waals surface area contributed by atoms with E-state index in [-0.39, 0.29) is 33.7 Å². The fourth-order valence-electron chi connectivity index (χ4n) is 2.20. The Morgan fingerprint density at radius 3 is 2.32 bits per heavy atom. The quantitative estimate of drug-likeness (QED) is 0.717. The number of para-hydroxylation sites is 1. The van der Waals surface area contributed by atoms with Crippen LogP contribution in [0.25, 0.3) is 0 Å². The molecule has 25 heavy (non-hydrogen) atoms. The van der Waals surface area contributed by atoms with Gasteiger partial charge in [-0.1, -0.05) is 17.3 Å². The highest BCUT2D eigenvalue weighted by Crippen LogP contribution is 2.22. The molecule has 0 radical (unpaired) electrons. The lowest BCUT2D eigenvalue weighted by molar-refractivity contribution is 0.390. The molecule has 0 saturated heterocycles. The molecule has 10 heteroatoms. The number of anilines is 3. The highest BCUT2D eigenvalue weighted by atomic mass is 32.2. The van der Waals surface area contributed by atoms with Gasteiger partial charge >= 0.3 is 0 Å². The van der Waals surface area contributed by atoms with Crippen LogP contribution in [0.5, 0.6) is 0 Å². The number of hydrogen-bond acceptors (Lipinski definition) is 7. The molecule has 0 unspecified atom stereocenters. The summed E-state index contributed by atoms with van der Waals surface area (Å²) >= 11 is 0. The number of sulfonamides is 1. The van der Waals surface area contributed by atoms with Gasteiger partial charge in [-0.15, -0.1) is 10.2 Å². The van der Waals surface area contributed by atoms with E-state index in [1.165, 1.54) is 32.0 Å². The van der Waals surface area contributed by atoms with Crippen LogP contribution in [0.1, 0.15) is 11.5 Å². The van der Waals surface area contributed by atoms with E-state index in [1.807, 2.05) is 0 Å². The van der Waals surface area contributed by atoms with Crippen LogP contribution in [0.3, 0.4) is 0 Å². The Morgan fingerprint density at radius 1 is 1.04 bits per heavy atom. The largest absolute Gasteiger partial charge is 0.360 e. The molecule has 0 aliphatic rings. The van der Waals surface area contributed by atoms with Crippen molar-refractivity contribution >= 4 is 27.3 Å². The number of rotatable bonds is 5. The van der Waals surface area contributed by atoms with Gasteiger partial charge in [0.15, 0.2) is 22.3 Å². The van der Waals surface area contributed by atoms with E-state index in [4.69, 9.17) is 4.52 Å². The molecule has 3 aromatic rings. The van der Waals surface area contributed by atoms with Gasteiger partial charge in [0.05, 0.1) is 5.69 Å². The van der Waals surface area contributed by atoms with E-state index >= 15 is 0 Å².